The summed E-state index contributed by atoms with van der Waals surface area (Å²) in [7, 11) is 0. The first-order chi connectivity index (χ1) is 12.9. The van der Waals surface area contributed by atoms with Crippen LogP contribution in [0.2, 0.25) is 0 Å². The Labute approximate surface area is 177 Å². The molecule has 0 aromatic carbocycles. The lowest BCUT2D eigenvalue weighted by Gasteiger charge is -2.36. The lowest BCUT2D eigenvalue weighted by Crippen LogP contribution is -2.55. The molecule has 0 saturated carbocycles. The molecule has 1 saturated heterocycles. The van der Waals surface area contributed by atoms with Gasteiger partial charge in [-0.25, -0.2) is 9.97 Å². The Bertz CT molecular complexity index is 804. The van der Waals surface area contributed by atoms with Gasteiger partial charge >= 0.3 is 0 Å². The van der Waals surface area contributed by atoms with E-state index in [1.54, 1.807) is 17.7 Å². The van der Waals surface area contributed by atoms with Crippen molar-refractivity contribution in [3.63, 3.8) is 0 Å². The Hall–Kier alpha value is -1.44. The van der Waals surface area contributed by atoms with Crippen molar-refractivity contribution in [2.75, 3.05) is 24.5 Å². The molecule has 3 N–H and O–H groups in total. The molecule has 1 aliphatic heterocycles. The predicted molar refractivity (Wildman–Crippen MR) is 120 cm³/mol. The summed E-state index contributed by atoms with van der Waals surface area (Å²) in [5.74, 6) is 1.21. The highest BCUT2D eigenvalue weighted by Gasteiger charge is 2.32. The number of hydrogen-bond acceptors (Lipinski definition) is 6. The zero-order chi connectivity index (χ0) is 19.6. The van der Waals surface area contributed by atoms with E-state index >= 15 is 0 Å². The Morgan fingerprint density at radius 2 is 1.93 bits per heavy atom. The quantitative estimate of drug-likeness (QED) is 0.738. The van der Waals surface area contributed by atoms with Gasteiger partial charge in [0.25, 0.3) is 0 Å². The van der Waals surface area contributed by atoms with Gasteiger partial charge in [-0.3, -0.25) is 4.79 Å². The minimum absolute atomic E-state index is 0. The van der Waals surface area contributed by atoms with Gasteiger partial charge in [-0.05, 0) is 45.1 Å². The molecule has 0 unspecified atom stereocenters. The van der Waals surface area contributed by atoms with Crippen molar-refractivity contribution in [3.05, 3.63) is 16.8 Å². The predicted octanol–water partition coefficient (Wildman–Crippen LogP) is 3.58. The van der Waals surface area contributed by atoms with Gasteiger partial charge < -0.3 is 16.0 Å². The monoisotopic (exact) mass is 425 g/mol. The first kappa shape index (κ1) is 22.8. The van der Waals surface area contributed by atoms with E-state index in [9.17, 15) is 4.79 Å². The van der Waals surface area contributed by atoms with Crippen LogP contribution in [0.1, 0.15) is 50.0 Å². The molecular weight excluding hydrogens is 394 g/mol. The number of fused-ring (bicyclic) bond motifs is 1. The Morgan fingerprint density at radius 3 is 2.50 bits per heavy atom. The highest BCUT2D eigenvalue weighted by molar-refractivity contribution is 7.18. The van der Waals surface area contributed by atoms with Crippen molar-refractivity contribution in [1.29, 1.82) is 0 Å². The number of piperidine rings is 1. The van der Waals surface area contributed by atoms with E-state index in [0.717, 1.165) is 49.4 Å². The average molecular weight is 426 g/mol. The molecule has 2 aromatic heterocycles. The topological polar surface area (TPSA) is 84.1 Å². The van der Waals surface area contributed by atoms with Crippen molar-refractivity contribution in [2.45, 2.75) is 58.9 Å². The van der Waals surface area contributed by atoms with Crippen LogP contribution in [0.15, 0.2) is 6.33 Å². The van der Waals surface area contributed by atoms with E-state index in [1.807, 2.05) is 0 Å². The summed E-state index contributed by atoms with van der Waals surface area (Å²) in [6.45, 7) is 10.6. The summed E-state index contributed by atoms with van der Waals surface area (Å²) < 4.78 is 0. The smallest absolute Gasteiger partial charge is 0.223 e. The Balaban J connectivity index is 0.00000280. The van der Waals surface area contributed by atoms with E-state index in [4.69, 9.17) is 5.73 Å². The zero-order valence-electron chi connectivity index (χ0n) is 17.2. The van der Waals surface area contributed by atoms with Gasteiger partial charge in [0, 0.05) is 30.4 Å². The van der Waals surface area contributed by atoms with E-state index in [2.05, 4.69) is 47.9 Å². The second-order valence-corrected chi connectivity index (χ2v) is 8.81. The summed E-state index contributed by atoms with van der Waals surface area (Å²) in [6.07, 6.45) is 5.06. The Morgan fingerprint density at radius 1 is 1.29 bits per heavy atom. The molecule has 0 bridgehead atoms. The van der Waals surface area contributed by atoms with E-state index in [-0.39, 0.29) is 29.8 Å². The average Bonchev–Trinajstić information content (AvgIpc) is 3.00. The highest BCUT2D eigenvalue weighted by atomic mass is 35.5. The van der Waals surface area contributed by atoms with Crippen molar-refractivity contribution in [2.24, 2.45) is 11.7 Å². The highest BCUT2D eigenvalue weighted by Crippen LogP contribution is 2.35. The molecular formula is C20H32ClN5OS. The fraction of sp³-hybridized carbons (Fsp3) is 0.650. The number of nitrogens with zero attached hydrogens (tertiary/aromatic N) is 3. The third kappa shape index (κ3) is 4.26. The van der Waals surface area contributed by atoms with Crippen LogP contribution in [0.3, 0.4) is 0 Å². The van der Waals surface area contributed by atoms with Gasteiger partial charge in [0.1, 0.15) is 17.0 Å². The van der Waals surface area contributed by atoms with Gasteiger partial charge in [-0.2, -0.15) is 0 Å². The van der Waals surface area contributed by atoms with Crippen LogP contribution in [-0.2, 0) is 4.79 Å². The third-order valence-corrected chi connectivity index (χ3v) is 7.36. The van der Waals surface area contributed by atoms with Crippen molar-refractivity contribution in [3.8, 4) is 0 Å². The molecule has 6 nitrogen and oxygen atoms in total. The van der Waals surface area contributed by atoms with Gasteiger partial charge in [-0.1, -0.05) is 13.8 Å². The minimum atomic E-state index is -0.266. The summed E-state index contributed by atoms with van der Waals surface area (Å²) in [5.41, 5.74) is 6.94. The molecule has 0 radical (unpaired) electrons. The summed E-state index contributed by atoms with van der Waals surface area (Å²) in [5, 5.41) is 4.41. The number of carbonyl (C=O) groups is 1. The number of hydrogen-bond donors (Lipinski definition) is 2. The van der Waals surface area contributed by atoms with Crippen LogP contribution in [-0.4, -0.2) is 41.0 Å². The number of anilines is 1. The van der Waals surface area contributed by atoms with Crippen LogP contribution in [0.4, 0.5) is 5.82 Å². The number of nitrogens with two attached hydrogens (primary N) is 1. The lowest BCUT2D eigenvalue weighted by atomic mass is 9.89. The first-order valence-corrected chi connectivity index (χ1v) is 10.7. The van der Waals surface area contributed by atoms with E-state index in [0.29, 0.717) is 6.54 Å². The molecule has 8 heteroatoms. The lowest BCUT2D eigenvalue weighted by molar-refractivity contribution is -0.127. The standard InChI is InChI=1S/C20H31N5OS.ClH/c1-5-20(6-2,11-21)24-18(26)15-7-9-25(10-8-15)17-16-13(3)14(4)27-19(16)23-12-22-17;/h12,15H,5-11,21H2,1-4H3,(H,24,26);1H. The molecule has 156 valence electrons. The van der Waals surface area contributed by atoms with Crippen molar-refractivity contribution in [1.82, 2.24) is 15.3 Å². The number of amides is 1. The fourth-order valence-electron chi connectivity index (χ4n) is 3.89. The van der Waals surface area contributed by atoms with E-state index < -0.39 is 0 Å². The molecule has 1 amide bonds. The second kappa shape index (κ2) is 9.37. The Kier molecular flexibility index (Phi) is 7.65. The van der Waals surface area contributed by atoms with Gasteiger partial charge in [-0.15, -0.1) is 23.7 Å². The maximum Gasteiger partial charge on any atom is 0.223 e. The maximum atomic E-state index is 12.8. The largest absolute Gasteiger partial charge is 0.356 e. The summed E-state index contributed by atoms with van der Waals surface area (Å²) in [6, 6.07) is 0. The number of nitrogens with one attached hydrogen (secondary N) is 1. The van der Waals surface area contributed by atoms with E-state index in [1.165, 1.54) is 15.8 Å². The third-order valence-electron chi connectivity index (χ3n) is 6.24. The molecule has 0 aliphatic carbocycles. The van der Waals surface area contributed by atoms with Crippen LogP contribution in [0.5, 0.6) is 0 Å². The first-order valence-electron chi connectivity index (χ1n) is 9.92. The molecule has 3 rings (SSSR count). The fourth-order valence-corrected chi connectivity index (χ4v) is 4.88. The molecule has 1 fully saturated rings. The van der Waals surface area contributed by atoms with Gasteiger partial charge in [0.15, 0.2) is 0 Å². The molecule has 1 aliphatic rings. The van der Waals surface area contributed by atoms with Crippen LogP contribution < -0.4 is 16.0 Å². The molecule has 0 spiro atoms. The molecule has 3 heterocycles. The molecule has 28 heavy (non-hydrogen) atoms. The maximum absolute atomic E-state index is 12.8. The minimum Gasteiger partial charge on any atom is -0.356 e. The number of aromatic nitrogens is 2. The normalized spacial score (nSPS) is 15.5. The SMILES string of the molecule is CCC(CC)(CN)NC(=O)C1CCN(c2ncnc3sc(C)c(C)c23)CC1.Cl. The molecule has 0 atom stereocenters. The number of carbonyl (C=O) groups excluding carboxylic acids is 1. The number of aryl methyl sites for hydroxylation is 2. The van der Waals surface area contributed by atoms with Gasteiger partial charge in [0.05, 0.1) is 10.9 Å². The zero-order valence-corrected chi connectivity index (χ0v) is 18.9. The number of halogens is 1. The molecule has 2 aromatic rings. The summed E-state index contributed by atoms with van der Waals surface area (Å²) in [4.78, 5) is 26.5. The van der Waals surface area contributed by atoms with Crippen LogP contribution in [0, 0.1) is 19.8 Å². The number of rotatable bonds is 6. The number of thiophene rings is 1. The summed E-state index contributed by atoms with van der Waals surface area (Å²) >= 11 is 1.72. The van der Waals surface area contributed by atoms with Crippen molar-refractivity contribution >= 4 is 45.7 Å². The van der Waals surface area contributed by atoms with Crippen LogP contribution in [0.25, 0.3) is 10.2 Å². The van der Waals surface area contributed by atoms with Gasteiger partial charge in [0.2, 0.25) is 5.91 Å². The van der Waals surface area contributed by atoms with Crippen molar-refractivity contribution < 1.29 is 4.79 Å². The van der Waals surface area contributed by atoms with Crippen LogP contribution >= 0.6 is 23.7 Å². The second-order valence-electron chi connectivity index (χ2n) is 7.60.